The Morgan fingerprint density at radius 2 is 1.31 bits per heavy atom. The molecule has 0 N–H and O–H groups in total. The lowest BCUT2D eigenvalue weighted by Gasteiger charge is -2.29. The third kappa shape index (κ3) is 8.74. The van der Waals surface area contributed by atoms with Crippen LogP contribution in [-0.2, 0) is 9.47 Å². The Kier molecular flexibility index (Phi) is 11.2. The van der Waals surface area contributed by atoms with Crippen LogP contribution < -0.4 is 0 Å². The highest BCUT2D eigenvalue weighted by Crippen LogP contribution is 2.18. The number of unbranched alkanes of at least 4 members (excludes halogenated alkanes) is 2. The van der Waals surface area contributed by atoms with Crippen molar-refractivity contribution in [3.05, 3.63) is 0 Å². The fourth-order valence-corrected chi connectivity index (χ4v) is 1.70. The molecular weight excluding hydrogens is 240 g/mol. The minimum atomic E-state index is -0.410. The highest BCUT2D eigenvalue weighted by molar-refractivity contribution is 7.80. The summed E-state index contributed by atoms with van der Waals surface area (Å²) in [4.78, 5) is 0. The van der Waals surface area contributed by atoms with E-state index in [1.807, 2.05) is 6.92 Å². The second-order valence-corrected chi connectivity index (χ2v) is 4.94. The van der Waals surface area contributed by atoms with E-state index in [9.17, 15) is 0 Å². The molecule has 16 heavy (non-hydrogen) atoms. The maximum Gasteiger partial charge on any atom is 0.165 e. The van der Waals surface area contributed by atoms with E-state index in [4.69, 9.17) is 9.47 Å². The summed E-state index contributed by atoms with van der Waals surface area (Å²) in [7, 11) is 0. The van der Waals surface area contributed by atoms with Crippen molar-refractivity contribution in [3.63, 3.8) is 0 Å². The van der Waals surface area contributed by atoms with Crippen molar-refractivity contribution in [2.45, 2.75) is 51.7 Å². The predicted octanol–water partition coefficient (Wildman–Crippen LogP) is 3.57. The maximum absolute atomic E-state index is 5.79. The third-order valence-electron chi connectivity index (χ3n) is 2.56. The minimum Gasteiger partial charge on any atom is -0.350 e. The van der Waals surface area contributed by atoms with Gasteiger partial charge >= 0.3 is 0 Å². The van der Waals surface area contributed by atoms with Crippen molar-refractivity contribution in [2.24, 2.45) is 0 Å². The molecule has 0 aliphatic carbocycles. The van der Waals surface area contributed by atoms with Crippen LogP contribution in [0.4, 0.5) is 0 Å². The number of hydrogen-bond acceptors (Lipinski definition) is 4. The Morgan fingerprint density at radius 1 is 0.875 bits per heavy atom. The van der Waals surface area contributed by atoms with E-state index >= 15 is 0 Å². The van der Waals surface area contributed by atoms with Crippen LogP contribution in [0.25, 0.3) is 0 Å². The van der Waals surface area contributed by atoms with E-state index in [-0.39, 0.29) is 0 Å². The monoisotopic (exact) mass is 266 g/mol. The molecule has 0 fully saturated rings. The number of hydrogen-bond donors (Lipinski definition) is 2. The Bertz CT molecular complexity index is 142. The van der Waals surface area contributed by atoms with Gasteiger partial charge in [0, 0.05) is 0 Å². The fourth-order valence-electron chi connectivity index (χ4n) is 1.25. The second-order valence-electron chi connectivity index (χ2n) is 4.05. The lowest BCUT2D eigenvalue weighted by atomic mass is 10.2. The topological polar surface area (TPSA) is 18.5 Å². The first kappa shape index (κ1) is 16.6. The summed E-state index contributed by atoms with van der Waals surface area (Å²) in [6.45, 7) is 5.64. The summed E-state index contributed by atoms with van der Waals surface area (Å²) in [5.41, 5.74) is 0. The molecule has 0 spiro atoms. The molecule has 2 nitrogen and oxygen atoms in total. The maximum atomic E-state index is 5.79. The van der Waals surface area contributed by atoms with Crippen LogP contribution in [0.5, 0.6) is 0 Å². The zero-order valence-electron chi connectivity index (χ0n) is 10.6. The largest absolute Gasteiger partial charge is 0.350 e. The van der Waals surface area contributed by atoms with Gasteiger partial charge in [-0.05, 0) is 50.5 Å². The van der Waals surface area contributed by atoms with Crippen molar-refractivity contribution in [2.75, 3.05) is 24.7 Å². The van der Waals surface area contributed by atoms with Gasteiger partial charge < -0.3 is 9.47 Å². The third-order valence-corrected chi connectivity index (χ3v) is 3.19. The van der Waals surface area contributed by atoms with Gasteiger partial charge in [-0.3, -0.25) is 0 Å². The standard InChI is InChI=1S/C12H26O2S2/c1-3-12(2,13-8-4-6-10-15)14-9-5-7-11-16/h15-16H,3-11H2,1-2H3. The highest BCUT2D eigenvalue weighted by atomic mass is 32.1. The molecule has 0 aromatic carbocycles. The molecule has 0 amide bonds. The molecule has 0 aliphatic heterocycles. The summed E-state index contributed by atoms with van der Waals surface area (Å²) in [6.07, 6.45) is 5.19. The van der Waals surface area contributed by atoms with E-state index in [1.165, 1.54) is 0 Å². The molecule has 0 aliphatic rings. The van der Waals surface area contributed by atoms with Gasteiger partial charge in [0.15, 0.2) is 5.79 Å². The molecular formula is C12H26O2S2. The van der Waals surface area contributed by atoms with Gasteiger partial charge in [-0.25, -0.2) is 0 Å². The Hall–Kier alpha value is 0.620. The molecule has 0 unspecified atom stereocenters. The van der Waals surface area contributed by atoms with Crippen LogP contribution in [0.1, 0.15) is 46.0 Å². The second kappa shape index (κ2) is 10.8. The first-order chi connectivity index (χ1) is 7.68. The van der Waals surface area contributed by atoms with Crippen molar-refractivity contribution in [3.8, 4) is 0 Å². The molecule has 98 valence electrons. The quantitative estimate of drug-likeness (QED) is 0.338. The van der Waals surface area contributed by atoms with E-state index < -0.39 is 5.79 Å². The first-order valence-corrected chi connectivity index (χ1v) is 7.44. The normalized spacial score (nSPS) is 12.0. The van der Waals surface area contributed by atoms with Crippen LogP contribution in [0.15, 0.2) is 0 Å². The molecule has 0 heterocycles. The first-order valence-electron chi connectivity index (χ1n) is 6.18. The van der Waals surface area contributed by atoms with Gasteiger partial charge in [0.1, 0.15) is 0 Å². The average Bonchev–Trinajstić information content (AvgIpc) is 2.31. The Balaban J connectivity index is 3.64. The fraction of sp³-hybridized carbons (Fsp3) is 1.00. The van der Waals surface area contributed by atoms with Gasteiger partial charge in [0.25, 0.3) is 0 Å². The smallest absolute Gasteiger partial charge is 0.165 e. The predicted molar refractivity (Wildman–Crippen MR) is 76.8 cm³/mol. The van der Waals surface area contributed by atoms with Crippen LogP contribution in [0.2, 0.25) is 0 Å². The lowest BCUT2D eigenvalue weighted by Crippen LogP contribution is -2.32. The molecule has 0 bridgehead atoms. The Labute approximate surface area is 111 Å². The minimum absolute atomic E-state index is 0.410. The summed E-state index contributed by atoms with van der Waals surface area (Å²) >= 11 is 8.35. The molecule has 0 aromatic rings. The van der Waals surface area contributed by atoms with Crippen molar-refractivity contribution in [1.82, 2.24) is 0 Å². The van der Waals surface area contributed by atoms with Gasteiger partial charge in [-0.1, -0.05) is 6.92 Å². The SMILES string of the molecule is CCC(C)(OCCCCS)OCCCCS. The van der Waals surface area contributed by atoms with Gasteiger partial charge in [-0.15, -0.1) is 0 Å². The average molecular weight is 266 g/mol. The Morgan fingerprint density at radius 3 is 1.62 bits per heavy atom. The number of ether oxygens (including phenoxy) is 2. The summed E-state index contributed by atoms with van der Waals surface area (Å²) in [6, 6.07) is 0. The molecule has 0 saturated carbocycles. The molecule has 4 heteroatoms. The zero-order chi connectivity index (χ0) is 12.3. The highest BCUT2D eigenvalue weighted by Gasteiger charge is 2.22. The zero-order valence-corrected chi connectivity index (χ0v) is 12.4. The molecule has 0 rings (SSSR count). The van der Waals surface area contributed by atoms with Crippen LogP contribution in [0.3, 0.4) is 0 Å². The van der Waals surface area contributed by atoms with Crippen molar-refractivity contribution in [1.29, 1.82) is 0 Å². The molecule has 0 radical (unpaired) electrons. The van der Waals surface area contributed by atoms with Gasteiger partial charge in [-0.2, -0.15) is 25.3 Å². The summed E-state index contributed by atoms with van der Waals surface area (Å²) < 4.78 is 11.6. The van der Waals surface area contributed by atoms with Gasteiger partial charge in [0.05, 0.1) is 13.2 Å². The number of thiol groups is 2. The van der Waals surface area contributed by atoms with Crippen molar-refractivity contribution >= 4 is 25.3 Å². The van der Waals surface area contributed by atoms with E-state index in [0.717, 1.165) is 56.8 Å². The van der Waals surface area contributed by atoms with Crippen LogP contribution in [0, 0.1) is 0 Å². The number of rotatable bonds is 11. The molecule has 0 aromatic heterocycles. The van der Waals surface area contributed by atoms with Crippen LogP contribution in [-0.4, -0.2) is 30.5 Å². The van der Waals surface area contributed by atoms with E-state index in [0.29, 0.717) is 0 Å². The summed E-state index contributed by atoms with van der Waals surface area (Å²) in [5, 5.41) is 0. The van der Waals surface area contributed by atoms with E-state index in [2.05, 4.69) is 32.2 Å². The summed E-state index contributed by atoms with van der Waals surface area (Å²) in [5.74, 6) is 1.44. The van der Waals surface area contributed by atoms with E-state index in [1.54, 1.807) is 0 Å². The molecule has 0 saturated heterocycles. The van der Waals surface area contributed by atoms with Crippen molar-refractivity contribution < 1.29 is 9.47 Å². The van der Waals surface area contributed by atoms with Crippen LogP contribution >= 0.6 is 25.3 Å². The lowest BCUT2D eigenvalue weighted by molar-refractivity contribution is -0.227. The van der Waals surface area contributed by atoms with Gasteiger partial charge in [0.2, 0.25) is 0 Å². The molecule has 0 atom stereocenters.